The summed E-state index contributed by atoms with van der Waals surface area (Å²) >= 11 is 1.84. The molecule has 0 radical (unpaired) electrons. The van der Waals surface area contributed by atoms with E-state index in [0.717, 1.165) is 60.4 Å². The molecule has 5 nitrogen and oxygen atoms in total. The van der Waals surface area contributed by atoms with E-state index in [1.807, 2.05) is 72.0 Å². The van der Waals surface area contributed by atoms with Crippen molar-refractivity contribution in [3.8, 4) is 39.9 Å². The Labute approximate surface area is 318 Å². The van der Waals surface area contributed by atoms with E-state index in [1.165, 1.54) is 36.5 Å². The lowest BCUT2D eigenvalue weighted by Gasteiger charge is -2.10. The second-order valence-corrected chi connectivity index (χ2v) is 15.0. The average Bonchev–Trinajstić information content (AvgIpc) is 3.93. The number of thiophene rings is 1. The summed E-state index contributed by atoms with van der Waals surface area (Å²) in [5.41, 5.74) is 7.87. The molecule has 8 aromatic carbocycles. The molecule has 0 saturated carbocycles. The Bertz CT molecular complexity index is 3430. The molecule has 0 atom stereocenters. The molecule has 0 bridgehead atoms. The molecule has 0 aliphatic rings. The monoisotopic (exact) mass is 720 g/mol. The normalized spacial score (nSPS) is 12.0. The van der Waals surface area contributed by atoms with Gasteiger partial charge in [0.05, 0.1) is 16.4 Å². The summed E-state index contributed by atoms with van der Waals surface area (Å²) in [6, 6.07) is 59.5. The van der Waals surface area contributed by atoms with Gasteiger partial charge < -0.3 is 4.42 Å². The minimum atomic E-state index is 0.554. The summed E-state index contributed by atoms with van der Waals surface area (Å²) < 4.78 is 11.8. The van der Waals surface area contributed by atoms with E-state index in [1.54, 1.807) is 0 Å². The molecule has 4 aromatic heterocycles. The molecule has 0 aliphatic heterocycles. The first-order valence-electron chi connectivity index (χ1n) is 18.4. The van der Waals surface area contributed by atoms with Gasteiger partial charge in [-0.05, 0) is 64.4 Å². The standard InChI is InChI=1S/C49H28N4OS/c1-3-13-29(14-4-1)47-50-48(30-15-5-2-6-16-30)52-49(51-47)53-39-21-11-9-20-35(39)45-40(53)25-24-36-44-34-19-8-7-17-32(34)37(28-41(44)54-46(36)45)31-23-26-43-38(27-31)33-18-10-12-22-42(33)55-43/h1-28H. The second-order valence-electron chi connectivity index (χ2n) is 14.0. The van der Waals surface area contributed by atoms with Gasteiger partial charge >= 0.3 is 0 Å². The maximum absolute atomic E-state index is 7.06. The lowest BCUT2D eigenvalue weighted by atomic mass is 9.94. The third-order valence-corrected chi connectivity index (χ3v) is 12.0. The molecule has 4 heterocycles. The lowest BCUT2D eigenvalue weighted by molar-refractivity contribution is 0.673. The molecule has 0 aliphatic carbocycles. The first-order chi connectivity index (χ1) is 27.3. The van der Waals surface area contributed by atoms with Crippen molar-refractivity contribution in [3.63, 3.8) is 0 Å². The number of benzene rings is 8. The maximum atomic E-state index is 7.06. The van der Waals surface area contributed by atoms with E-state index in [0.29, 0.717) is 17.6 Å². The van der Waals surface area contributed by atoms with Crippen LogP contribution in [0.15, 0.2) is 174 Å². The number of hydrogen-bond donors (Lipinski definition) is 0. The number of hydrogen-bond acceptors (Lipinski definition) is 5. The summed E-state index contributed by atoms with van der Waals surface area (Å²) in [4.78, 5) is 15.2. The van der Waals surface area contributed by atoms with Crippen molar-refractivity contribution >= 4 is 86.0 Å². The molecule has 0 fully saturated rings. The van der Waals surface area contributed by atoms with Crippen molar-refractivity contribution in [2.45, 2.75) is 0 Å². The smallest absolute Gasteiger partial charge is 0.238 e. The van der Waals surface area contributed by atoms with Gasteiger partial charge in [-0.1, -0.05) is 127 Å². The predicted octanol–water partition coefficient (Wildman–Crippen LogP) is 13.4. The Balaban J connectivity index is 1.13. The van der Waals surface area contributed by atoms with Gasteiger partial charge in [0.25, 0.3) is 0 Å². The van der Waals surface area contributed by atoms with Crippen molar-refractivity contribution in [1.29, 1.82) is 0 Å². The van der Waals surface area contributed by atoms with Gasteiger partial charge in [-0.15, -0.1) is 11.3 Å². The Kier molecular flexibility index (Phi) is 6.44. The van der Waals surface area contributed by atoms with Crippen LogP contribution >= 0.6 is 11.3 Å². The zero-order chi connectivity index (χ0) is 36.0. The first-order valence-corrected chi connectivity index (χ1v) is 19.2. The van der Waals surface area contributed by atoms with Gasteiger partial charge in [-0.2, -0.15) is 9.97 Å². The van der Waals surface area contributed by atoms with Crippen LogP contribution in [-0.4, -0.2) is 19.5 Å². The van der Waals surface area contributed by atoms with E-state index in [9.17, 15) is 0 Å². The highest BCUT2D eigenvalue weighted by molar-refractivity contribution is 7.25. The van der Waals surface area contributed by atoms with Crippen molar-refractivity contribution < 1.29 is 4.42 Å². The number of rotatable bonds is 4. The molecule has 0 saturated heterocycles. The van der Waals surface area contributed by atoms with Crippen LogP contribution in [0.25, 0.3) is 115 Å². The van der Waals surface area contributed by atoms with Crippen molar-refractivity contribution in [3.05, 3.63) is 170 Å². The molecule has 0 unspecified atom stereocenters. The van der Waals surface area contributed by atoms with Crippen LogP contribution in [-0.2, 0) is 0 Å². The van der Waals surface area contributed by atoms with Crippen molar-refractivity contribution in [2.75, 3.05) is 0 Å². The Morgan fingerprint density at radius 3 is 1.82 bits per heavy atom. The highest BCUT2D eigenvalue weighted by Gasteiger charge is 2.23. The Morgan fingerprint density at radius 1 is 0.418 bits per heavy atom. The highest BCUT2D eigenvalue weighted by atomic mass is 32.1. The Morgan fingerprint density at radius 2 is 1.05 bits per heavy atom. The minimum Gasteiger partial charge on any atom is -0.455 e. The molecule has 12 aromatic rings. The third kappa shape index (κ3) is 4.55. The summed E-state index contributed by atoms with van der Waals surface area (Å²) in [5, 5.41) is 9.25. The van der Waals surface area contributed by atoms with E-state index in [4.69, 9.17) is 19.4 Å². The van der Waals surface area contributed by atoms with Gasteiger partial charge in [-0.25, -0.2) is 4.98 Å². The van der Waals surface area contributed by atoms with Gasteiger partial charge in [0, 0.05) is 47.5 Å². The molecule has 12 rings (SSSR count). The van der Waals surface area contributed by atoms with Gasteiger partial charge in [0.15, 0.2) is 11.6 Å². The van der Waals surface area contributed by atoms with E-state index in [2.05, 4.69) is 114 Å². The highest BCUT2D eigenvalue weighted by Crippen LogP contribution is 2.45. The summed E-state index contributed by atoms with van der Waals surface area (Å²) in [6.45, 7) is 0. The van der Waals surface area contributed by atoms with Crippen molar-refractivity contribution in [2.24, 2.45) is 0 Å². The van der Waals surface area contributed by atoms with Crippen molar-refractivity contribution in [1.82, 2.24) is 19.5 Å². The summed E-state index contributed by atoms with van der Waals surface area (Å²) in [7, 11) is 0. The van der Waals surface area contributed by atoms with Crippen LogP contribution in [0.5, 0.6) is 0 Å². The van der Waals surface area contributed by atoms with E-state index in [-0.39, 0.29) is 0 Å². The van der Waals surface area contributed by atoms with E-state index >= 15 is 0 Å². The second kappa shape index (κ2) is 11.7. The van der Waals surface area contributed by atoms with Crippen LogP contribution in [0, 0.1) is 0 Å². The molecule has 6 heteroatoms. The number of fused-ring (bicyclic) bond motifs is 12. The molecule has 0 N–H and O–H groups in total. The SMILES string of the molecule is c1ccc(-c2nc(-c3ccccc3)nc(-n3c4ccccc4c4c5oc6cc(-c7ccc8sc9ccccc9c8c7)c7ccccc7c6c5ccc43)n2)cc1. The maximum Gasteiger partial charge on any atom is 0.238 e. The average molecular weight is 721 g/mol. The zero-order valence-electron chi connectivity index (χ0n) is 29.3. The topological polar surface area (TPSA) is 56.7 Å². The fourth-order valence-electron chi connectivity index (χ4n) is 8.39. The molecule has 55 heavy (non-hydrogen) atoms. The first kappa shape index (κ1) is 30.3. The van der Waals surface area contributed by atoms with Crippen LogP contribution < -0.4 is 0 Å². The summed E-state index contributed by atoms with van der Waals surface area (Å²) in [5.74, 6) is 1.79. The lowest BCUT2D eigenvalue weighted by Crippen LogP contribution is -2.06. The Hall–Kier alpha value is -7.15. The number of furan rings is 1. The summed E-state index contributed by atoms with van der Waals surface area (Å²) in [6.07, 6.45) is 0. The molecule has 0 amide bonds. The number of nitrogens with zero attached hydrogens (tertiary/aromatic N) is 4. The van der Waals surface area contributed by atoms with Gasteiger partial charge in [0.1, 0.15) is 11.2 Å². The van der Waals surface area contributed by atoms with Crippen LogP contribution in [0.3, 0.4) is 0 Å². The van der Waals surface area contributed by atoms with Gasteiger partial charge in [0.2, 0.25) is 5.95 Å². The number of para-hydroxylation sites is 1. The van der Waals surface area contributed by atoms with Crippen LogP contribution in [0.1, 0.15) is 0 Å². The molecular formula is C49H28N4OS. The number of aromatic nitrogens is 4. The van der Waals surface area contributed by atoms with E-state index < -0.39 is 0 Å². The fraction of sp³-hybridized carbons (Fsp3) is 0. The molecule has 256 valence electrons. The van der Waals surface area contributed by atoms with Crippen LogP contribution in [0.4, 0.5) is 0 Å². The quantitative estimate of drug-likeness (QED) is 0.182. The third-order valence-electron chi connectivity index (χ3n) is 10.9. The largest absolute Gasteiger partial charge is 0.455 e. The molecular weight excluding hydrogens is 693 g/mol. The minimum absolute atomic E-state index is 0.554. The molecule has 0 spiro atoms. The fourth-order valence-corrected chi connectivity index (χ4v) is 9.48. The van der Waals surface area contributed by atoms with Gasteiger partial charge in [-0.3, -0.25) is 4.57 Å². The van der Waals surface area contributed by atoms with Crippen LogP contribution in [0.2, 0.25) is 0 Å². The predicted molar refractivity (Wildman–Crippen MR) is 228 cm³/mol. The zero-order valence-corrected chi connectivity index (χ0v) is 30.1.